The van der Waals surface area contributed by atoms with E-state index < -0.39 is 0 Å². The lowest BCUT2D eigenvalue weighted by molar-refractivity contribution is 0.881. The highest BCUT2D eigenvalue weighted by Crippen LogP contribution is 2.45. The number of hydrogen-bond donors (Lipinski definition) is 1. The van der Waals surface area contributed by atoms with E-state index in [2.05, 4.69) is 20.6 Å². The SMILES string of the molecule is Clc1ccccc1-c1cc(-c2nnn[nH]2)sc1-c1ccccc1Cl. The second-order valence-corrected chi connectivity index (χ2v) is 6.93. The van der Waals surface area contributed by atoms with Gasteiger partial charge in [-0.15, -0.1) is 16.4 Å². The van der Waals surface area contributed by atoms with Crippen LogP contribution in [-0.4, -0.2) is 20.6 Å². The fraction of sp³-hybridized carbons (Fsp3) is 0. The zero-order chi connectivity index (χ0) is 16.5. The average molecular weight is 373 g/mol. The van der Waals surface area contributed by atoms with Gasteiger partial charge >= 0.3 is 0 Å². The lowest BCUT2D eigenvalue weighted by Crippen LogP contribution is -1.81. The molecule has 118 valence electrons. The van der Waals surface area contributed by atoms with Gasteiger partial charge in [-0.2, -0.15) is 0 Å². The fourth-order valence-corrected chi connectivity index (χ4v) is 4.17. The molecule has 0 unspecified atom stereocenters. The maximum atomic E-state index is 6.42. The first-order chi connectivity index (χ1) is 11.7. The summed E-state index contributed by atoms with van der Waals surface area (Å²) in [7, 11) is 0. The summed E-state index contributed by atoms with van der Waals surface area (Å²) in [5.41, 5.74) is 2.91. The van der Waals surface area contributed by atoms with Crippen molar-refractivity contribution in [2.24, 2.45) is 0 Å². The van der Waals surface area contributed by atoms with Gasteiger partial charge in [0.25, 0.3) is 0 Å². The number of aromatic nitrogens is 4. The van der Waals surface area contributed by atoms with Crippen LogP contribution in [0.5, 0.6) is 0 Å². The minimum Gasteiger partial charge on any atom is -0.238 e. The van der Waals surface area contributed by atoms with Gasteiger partial charge in [-0.1, -0.05) is 59.6 Å². The lowest BCUT2D eigenvalue weighted by atomic mass is 10.0. The number of halogens is 2. The molecular formula is C17H10Cl2N4S. The van der Waals surface area contributed by atoms with E-state index in [0.717, 1.165) is 26.4 Å². The first kappa shape index (κ1) is 15.3. The minimum atomic E-state index is 0.617. The van der Waals surface area contributed by atoms with E-state index in [1.54, 1.807) is 11.3 Å². The Bertz CT molecular complexity index is 933. The second-order valence-electron chi connectivity index (χ2n) is 5.06. The van der Waals surface area contributed by atoms with Crippen molar-refractivity contribution >= 4 is 34.5 Å². The Morgan fingerprint density at radius 3 is 2.12 bits per heavy atom. The summed E-state index contributed by atoms with van der Waals surface area (Å²) in [6.07, 6.45) is 0. The Hall–Kier alpha value is -2.21. The van der Waals surface area contributed by atoms with Crippen LogP contribution in [0.15, 0.2) is 54.6 Å². The largest absolute Gasteiger partial charge is 0.238 e. The van der Waals surface area contributed by atoms with Gasteiger partial charge in [0, 0.05) is 31.6 Å². The minimum absolute atomic E-state index is 0.617. The molecule has 0 bridgehead atoms. The van der Waals surface area contributed by atoms with Crippen LogP contribution in [-0.2, 0) is 0 Å². The molecule has 4 aromatic rings. The summed E-state index contributed by atoms with van der Waals surface area (Å²) in [6.45, 7) is 0. The molecule has 2 aromatic carbocycles. The normalized spacial score (nSPS) is 10.9. The van der Waals surface area contributed by atoms with Crippen molar-refractivity contribution < 1.29 is 0 Å². The number of nitrogens with one attached hydrogen (secondary N) is 1. The number of thiophene rings is 1. The summed E-state index contributed by atoms with van der Waals surface area (Å²) in [4.78, 5) is 1.95. The third kappa shape index (κ3) is 2.71. The molecule has 2 heterocycles. The highest BCUT2D eigenvalue weighted by molar-refractivity contribution is 7.19. The van der Waals surface area contributed by atoms with Crippen molar-refractivity contribution in [2.75, 3.05) is 0 Å². The van der Waals surface area contributed by atoms with E-state index in [4.69, 9.17) is 23.2 Å². The van der Waals surface area contributed by atoms with Crippen LogP contribution in [0, 0.1) is 0 Å². The lowest BCUT2D eigenvalue weighted by Gasteiger charge is -2.07. The van der Waals surface area contributed by atoms with Gasteiger partial charge in [0.15, 0.2) is 5.82 Å². The summed E-state index contributed by atoms with van der Waals surface area (Å²) in [6, 6.07) is 17.5. The molecule has 7 heteroatoms. The highest BCUT2D eigenvalue weighted by Gasteiger charge is 2.18. The van der Waals surface area contributed by atoms with E-state index in [1.165, 1.54) is 0 Å². The Morgan fingerprint density at radius 1 is 0.833 bits per heavy atom. The van der Waals surface area contributed by atoms with E-state index in [-0.39, 0.29) is 0 Å². The van der Waals surface area contributed by atoms with Gasteiger partial charge in [0.1, 0.15) is 0 Å². The number of hydrogen-bond acceptors (Lipinski definition) is 4. The van der Waals surface area contributed by atoms with Crippen LogP contribution in [0.2, 0.25) is 10.0 Å². The van der Waals surface area contributed by atoms with Gasteiger partial charge in [-0.05, 0) is 28.6 Å². The van der Waals surface area contributed by atoms with E-state index >= 15 is 0 Å². The molecule has 0 aliphatic heterocycles. The molecule has 0 atom stereocenters. The molecule has 0 amide bonds. The van der Waals surface area contributed by atoms with Gasteiger partial charge in [-0.25, -0.2) is 5.10 Å². The molecule has 24 heavy (non-hydrogen) atoms. The molecule has 2 aromatic heterocycles. The van der Waals surface area contributed by atoms with Gasteiger partial charge in [-0.3, -0.25) is 0 Å². The smallest absolute Gasteiger partial charge is 0.189 e. The van der Waals surface area contributed by atoms with E-state index in [9.17, 15) is 0 Å². The summed E-state index contributed by atoms with van der Waals surface area (Å²) >= 11 is 14.4. The molecule has 4 rings (SSSR count). The quantitative estimate of drug-likeness (QED) is 0.511. The van der Waals surface area contributed by atoms with Crippen molar-refractivity contribution in [3.63, 3.8) is 0 Å². The van der Waals surface area contributed by atoms with Crippen LogP contribution in [0.25, 0.3) is 32.3 Å². The van der Waals surface area contributed by atoms with Crippen molar-refractivity contribution in [3.05, 3.63) is 64.6 Å². The van der Waals surface area contributed by atoms with Gasteiger partial charge < -0.3 is 0 Å². The maximum absolute atomic E-state index is 6.42. The molecule has 0 fully saturated rings. The van der Waals surface area contributed by atoms with E-state index in [1.807, 2.05) is 54.6 Å². The Morgan fingerprint density at radius 2 is 1.50 bits per heavy atom. The van der Waals surface area contributed by atoms with Crippen molar-refractivity contribution in [3.8, 4) is 32.3 Å². The number of benzene rings is 2. The van der Waals surface area contributed by atoms with Crippen LogP contribution in [0.3, 0.4) is 0 Å². The van der Waals surface area contributed by atoms with Crippen LogP contribution >= 0.6 is 34.5 Å². The molecule has 0 saturated heterocycles. The number of H-pyrrole nitrogens is 1. The first-order valence-electron chi connectivity index (χ1n) is 7.12. The average Bonchev–Trinajstić information content (AvgIpc) is 3.25. The number of tetrazole rings is 1. The van der Waals surface area contributed by atoms with Crippen molar-refractivity contribution in [1.29, 1.82) is 0 Å². The molecule has 4 nitrogen and oxygen atoms in total. The molecule has 0 spiro atoms. The monoisotopic (exact) mass is 372 g/mol. The van der Waals surface area contributed by atoms with Gasteiger partial charge in [0.05, 0.1) is 4.88 Å². The first-order valence-corrected chi connectivity index (χ1v) is 8.69. The zero-order valence-electron chi connectivity index (χ0n) is 12.2. The zero-order valence-corrected chi connectivity index (χ0v) is 14.5. The molecule has 0 aliphatic carbocycles. The second kappa shape index (κ2) is 6.36. The molecular weight excluding hydrogens is 363 g/mol. The Labute approximate surface area is 152 Å². The topological polar surface area (TPSA) is 54.5 Å². The standard InChI is InChI=1S/C17H10Cl2N4S/c18-13-7-3-1-5-10(13)12-9-15(17-20-22-23-21-17)24-16(12)11-6-2-4-8-14(11)19/h1-9H,(H,20,21,22,23). The van der Waals surface area contributed by atoms with Crippen LogP contribution in [0.4, 0.5) is 0 Å². The Balaban J connectivity index is 1.98. The third-order valence-electron chi connectivity index (χ3n) is 3.59. The fourth-order valence-electron chi connectivity index (χ4n) is 2.50. The molecule has 1 N–H and O–H groups in total. The molecule has 0 saturated carbocycles. The van der Waals surface area contributed by atoms with Crippen molar-refractivity contribution in [2.45, 2.75) is 0 Å². The number of rotatable bonds is 3. The highest BCUT2D eigenvalue weighted by atomic mass is 35.5. The Kier molecular flexibility index (Phi) is 4.06. The maximum Gasteiger partial charge on any atom is 0.189 e. The predicted octanol–water partition coefficient (Wildman–Crippen LogP) is 5.57. The molecule has 0 radical (unpaired) electrons. The molecule has 0 aliphatic rings. The summed E-state index contributed by atoms with van der Waals surface area (Å²) in [5.74, 6) is 0.617. The summed E-state index contributed by atoms with van der Waals surface area (Å²) < 4.78 is 0. The summed E-state index contributed by atoms with van der Waals surface area (Å²) in [5, 5.41) is 15.5. The van der Waals surface area contributed by atoms with Crippen molar-refractivity contribution in [1.82, 2.24) is 20.6 Å². The van der Waals surface area contributed by atoms with Crippen LogP contribution in [0.1, 0.15) is 0 Å². The van der Waals surface area contributed by atoms with Gasteiger partial charge in [0.2, 0.25) is 0 Å². The van der Waals surface area contributed by atoms with Crippen LogP contribution < -0.4 is 0 Å². The predicted molar refractivity (Wildman–Crippen MR) is 98.4 cm³/mol. The van der Waals surface area contributed by atoms with E-state index in [0.29, 0.717) is 15.9 Å². The number of nitrogens with zero attached hydrogens (tertiary/aromatic N) is 3. The third-order valence-corrected chi connectivity index (χ3v) is 5.43. The number of aromatic amines is 1.